The molecule has 0 spiro atoms. The summed E-state index contributed by atoms with van der Waals surface area (Å²) in [5.41, 5.74) is 4.87. The molecule has 1 rings (SSSR count). The van der Waals surface area contributed by atoms with Crippen molar-refractivity contribution in [3.63, 3.8) is 0 Å². The van der Waals surface area contributed by atoms with E-state index in [9.17, 15) is 4.79 Å². The smallest absolute Gasteiger partial charge is 0.155 e. The Kier molecular flexibility index (Phi) is 4.48. The van der Waals surface area contributed by atoms with Crippen molar-refractivity contribution in [1.82, 2.24) is 0 Å². The van der Waals surface area contributed by atoms with E-state index in [0.29, 0.717) is 6.42 Å². The molecule has 1 nitrogen and oxygen atoms in total. The number of carbonyl (C=O) groups is 1. The van der Waals surface area contributed by atoms with Gasteiger partial charge in [-0.2, -0.15) is 0 Å². The summed E-state index contributed by atoms with van der Waals surface area (Å²) in [7, 11) is 0. The first-order chi connectivity index (χ1) is 7.47. The molecule has 16 heavy (non-hydrogen) atoms. The van der Waals surface area contributed by atoms with E-state index in [2.05, 4.69) is 32.0 Å². The standard InChI is InChI=1S/C15H20O/c1-11(2)7-15(16)6-5-14-9-12(3)8-13(4)10-14/h7-10H,5-6H2,1-4H3. The highest BCUT2D eigenvalue weighted by atomic mass is 16.1. The number of rotatable bonds is 4. The second kappa shape index (κ2) is 5.64. The van der Waals surface area contributed by atoms with Gasteiger partial charge in [-0.1, -0.05) is 34.9 Å². The maximum Gasteiger partial charge on any atom is 0.155 e. The molecule has 0 bridgehead atoms. The molecule has 0 atom stereocenters. The molecule has 0 N–H and O–H groups in total. The zero-order chi connectivity index (χ0) is 12.1. The summed E-state index contributed by atoms with van der Waals surface area (Å²) in [6.45, 7) is 8.09. The molecule has 1 aromatic carbocycles. The van der Waals surface area contributed by atoms with Gasteiger partial charge in [-0.15, -0.1) is 0 Å². The van der Waals surface area contributed by atoms with E-state index in [-0.39, 0.29) is 5.78 Å². The van der Waals surface area contributed by atoms with Crippen LogP contribution in [-0.2, 0) is 11.2 Å². The SMILES string of the molecule is CC(C)=CC(=O)CCc1cc(C)cc(C)c1. The van der Waals surface area contributed by atoms with Gasteiger partial charge in [-0.3, -0.25) is 4.79 Å². The Morgan fingerprint density at radius 1 is 1.12 bits per heavy atom. The number of ketones is 1. The van der Waals surface area contributed by atoms with Crippen LogP contribution in [0.5, 0.6) is 0 Å². The van der Waals surface area contributed by atoms with Crippen LogP contribution in [0, 0.1) is 13.8 Å². The van der Waals surface area contributed by atoms with Gasteiger partial charge in [0.05, 0.1) is 0 Å². The van der Waals surface area contributed by atoms with Crippen molar-refractivity contribution in [3.05, 3.63) is 46.5 Å². The van der Waals surface area contributed by atoms with Crippen LogP contribution in [0.3, 0.4) is 0 Å². The minimum absolute atomic E-state index is 0.221. The summed E-state index contributed by atoms with van der Waals surface area (Å²) in [4.78, 5) is 11.5. The molecule has 0 aliphatic heterocycles. The fraction of sp³-hybridized carbons (Fsp3) is 0.400. The van der Waals surface area contributed by atoms with Gasteiger partial charge in [-0.25, -0.2) is 0 Å². The van der Waals surface area contributed by atoms with E-state index >= 15 is 0 Å². The normalized spacial score (nSPS) is 10.0. The molecule has 0 fully saturated rings. The van der Waals surface area contributed by atoms with Gasteiger partial charge < -0.3 is 0 Å². The summed E-state index contributed by atoms with van der Waals surface area (Å²) < 4.78 is 0. The summed E-state index contributed by atoms with van der Waals surface area (Å²) >= 11 is 0. The third kappa shape index (κ3) is 4.43. The van der Waals surface area contributed by atoms with Crippen molar-refractivity contribution in [1.29, 1.82) is 0 Å². The quantitative estimate of drug-likeness (QED) is 0.700. The number of carbonyl (C=O) groups excluding carboxylic acids is 1. The van der Waals surface area contributed by atoms with Gasteiger partial charge in [0.2, 0.25) is 0 Å². The van der Waals surface area contributed by atoms with E-state index in [1.54, 1.807) is 6.08 Å². The van der Waals surface area contributed by atoms with Crippen molar-refractivity contribution in [2.75, 3.05) is 0 Å². The lowest BCUT2D eigenvalue weighted by Crippen LogP contribution is -1.97. The molecule has 1 aromatic rings. The lowest BCUT2D eigenvalue weighted by Gasteiger charge is -2.03. The Morgan fingerprint density at radius 2 is 1.69 bits per heavy atom. The number of hydrogen-bond acceptors (Lipinski definition) is 1. The Balaban J connectivity index is 2.61. The van der Waals surface area contributed by atoms with Gasteiger partial charge in [0, 0.05) is 6.42 Å². The highest BCUT2D eigenvalue weighted by molar-refractivity contribution is 5.90. The van der Waals surface area contributed by atoms with Crippen molar-refractivity contribution in [2.24, 2.45) is 0 Å². The monoisotopic (exact) mass is 216 g/mol. The van der Waals surface area contributed by atoms with E-state index in [4.69, 9.17) is 0 Å². The van der Waals surface area contributed by atoms with Gasteiger partial charge >= 0.3 is 0 Å². The largest absolute Gasteiger partial charge is 0.295 e. The molecule has 0 unspecified atom stereocenters. The predicted molar refractivity (Wildman–Crippen MR) is 68.7 cm³/mol. The Hall–Kier alpha value is -1.37. The second-order valence-electron chi connectivity index (χ2n) is 4.68. The number of benzene rings is 1. The van der Waals surface area contributed by atoms with Crippen LogP contribution in [0.15, 0.2) is 29.8 Å². The van der Waals surface area contributed by atoms with Crippen molar-refractivity contribution < 1.29 is 4.79 Å². The number of allylic oxidation sites excluding steroid dienone is 2. The minimum Gasteiger partial charge on any atom is -0.295 e. The molecule has 1 heteroatoms. The zero-order valence-corrected chi connectivity index (χ0v) is 10.6. The molecule has 0 amide bonds. The molecule has 0 aliphatic carbocycles. The fourth-order valence-corrected chi connectivity index (χ4v) is 1.88. The predicted octanol–water partition coefficient (Wildman–Crippen LogP) is 3.77. The Bertz CT molecular complexity index is 389. The van der Waals surface area contributed by atoms with Gasteiger partial charge in [0.25, 0.3) is 0 Å². The molecule has 0 radical (unpaired) electrons. The van der Waals surface area contributed by atoms with Crippen LogP contribution in [0.4, 0.5) is 0 Å². The minimum atomic E-state index is 0.221. The molecular weight excluding hydrogens is 196 g/mol. The van der Waals surface area contributed by atoms with Crippen LogP contribution < -0.4 is 0 Å². The van der Waals surface area contributed by atoms with Crippen LogP contribution in [0.1, 0.15) is 37.0 Å². The maximum atomic E-state index is 11.5. The fourth-order valence-electron chi connectivity index (χ4n) is 1.88. The van der Waals surface area contributed by atoms with Gasteiger partial charge in [0.15, 0.2) is 5.78 Å². The summed E-state index contributed by atoms with van der Waals surface area (Å²) in [6, 6.07) is 6.47. The molecule has 0 saturated heterocycles. The third-order valence-electron chi connectivity index (χ3n) is 2.39. The van der Waals surface area contributed by atoms with Crippen LogP contribution in [0.25, 0.3) is 0 Å². The summed E-state index contributed by atoms with van der Waals surface area (Å²) in [5.74, 6) is 0.221. The Morgan fingerprint density at radius 3 is 2.19 bits per heavy atom. The number of hydrogen-bond donors (Lipinski definition) is 0. The van der Waals surface area contributed by atoms with Crippen molar-refractivity contribution in [3.8, 4) is 0 Å². The second-order valence-corrected chi connectivity index (χ2v) is 4.68. The van der Waals surface area contributed by atoms with E-state index < -0.39 is 0 Å². The lowest BCUT2D eigenvalue weighted by atomic mass is 10.0. The molecule has 0 saturated carbocycles. The highest BCUT2D eigenvalue weighted by Gasteiger charge is 2.00. The Labute approximate surface area is 98.2 Å². The first-order valence-electron chi connectivity index (χ1n) is 5.72. The number of aryl methyl sites for hydroxylation is 3. The first-order valence-corrected chi connectivity index (χ1v) is 5.72. The van der Waals surface area contributed by atoms with E-state index in [0.717, 1.165) is 12.0 Å². The van der Waals surface area contributed by atoms with Crippen LogP contribution >= 0.6 is 0 Å². The first kappa shape index (κ1) is 12.7. The maximum absolute atomic E-state index is 11.5. The van der Waals surface area contributed by atoms with Crippen molar-refractivity contribution >= 4 is 5.78 Å². The third-order valence-corrected chi connectivity index (χ3v) is 2.39. The van der Waals surface area contributed by atoms with Crippen LogP contribution in [0.2, 0.25) is 0 Å². The van der Waals surface area contributed by atoms with E-state index in [1.807, 2.05) is 13.8 Å². The summed E-state index contributed by atoms with van der Waals surface area (Å²) in [5, 5.41) is 0. The van der Waals surface area contributed by atoms with Crippen molar-refractivity contribution in [2.45, 2.75) is 40.5 Å². The topological polar surface area (TPSA) is 17.1 Å². The molecule has 0 aliphatic rings. The van der Waals surface area contributed by atoms with Crippen LogP contribution in [-0.4, -0.2) is 5.78 Å². The average molecular weight is 216 g/mol. The average Bonchev–Trinajstić information content (AvgIpc) is 2.12. The lowest BCUT2D eigenvalue weighted by molar-refractivity contribution is -0.114. The summed E-state index contributed by atoms with van der Waals surface area (Å²) in [6.07, 6.45) is 3.17. The zero-order valence-electron chi connectivity index (χ0n) is 10.6. The molecular formula is C15H20O. The molecule has 0 aromatic heterocycles. The molecule has 0 heterocycles. The van der Waals surface area contributed by atoms with Gasteiger partial charge in [-0.05, 0) is 45.8 Å². The highest BCUT2D eigenvalue weighted by Crippen LogP contribution is 2.11. The van der Waals surface area contributed by atoms with E-state index in [1.165, 1.54) is 16.7 Å². The van der Waals surface area contributed by atoms with Gasteiger partial charge in [0.1, 0.15) is 0 Å². The molecule has 86 valence electrons.